The van der Waals surface area contributed by atoms with E-state index in [0.29, 0.717) is 11.5 Å². The van der Waals surface area contributed by atoms with Gasteiger partial charge in [0, 0.05) is 17.9 Å². The lowest BCUT2D eigenvalue weighted by Crippen LogP contribution is -2.40. The van der Waals surface area contributed by atoms with Gasteiger partial charge in [0.2, 0.25) is 5.91 Å². The summed E-state index contributed by atoms with van der Waals surface area (Å²) in [4.78, 5) is 22.7. The fourth-order valence-electron chi connectivity index (χ4n) is 1.69. The molecule has 0 bridgehead atoms. The van der Waals surface area contributed by atoms with Crippen LogP contribution < -0.4 is 10.6 Å². The Morgan fingerprint density at radius 2 is 2.11 bits per heavy atom. The highest BCUT2D eigenvalue weighted by Crippen LogP contribution is 2.20. The van der Waals surface area contributed by atoms with Crippen molar-refractivity contribution >= 4 is 23.5 Å². The molecule has 1 heterocycles. The topological polar surface area (TPSA) is 84.2 Å². The Kier molecular flexibility index (Phi) is 5.15. The first kappa shape index (κ1) is 14.5. The summed E-state index contributed by atoms with van der Waals surface area (Å²) in [5, 5.41) is 8.63. The van der Waals surface area contributed by atoms with Gasteiger partial charge in [-0.1, -0.05) is 5.16 Å². The number of aromatic nitrogens is 1. The Morgan fingerprint density at radius 1 is 1.44 bits per heavy atom. The molecule has 0 aliphatic rings. The summed E-state index contributed by atoms with van der Waals surface area (Å²) in [5.41, 5.74) is 1.53. The number of rotatable bonds is 4. The van der Waals surface area contributed by atoms with Crippen LogP contribution in [-0.2, 0) is 4.79 Å². The third-order valence-electron chi connectivity index (χ3n) is 2.44. The SMILES string of the molecule is Cc1noc(C)c1C(C)NC(=O)NC(=O)CCCl. The zero-order chi connectivity index (χ0) is 13.7. The summed E-state index contributed by atoms with van der Waals surface area (Å²) in [5.74, 6) is 0.416. The van der Waals surface area contributed by atoms with Crippen molar-refractivity contribution in [2.75, 3.05) is 5.88 Å². The van der Waals surface area contributed by atoms with Crippen molar-refractivity contribution in [3.63, 3.8) is 0 Å². The van der Waals surface area contributed by atoms with Crippen molar-refractivity contribution in [3.05, 3.63) is 17.0 Å². The molecular formula is C11H16ClN3O3. The van der Waals surface area contributed by atoms with Crippen LogP contribution in [0, 0.1) is 13.8 Å². The van der Waals surface area contributed by atoms with Crippen LogP contribution in [0.25, 0.3) is 0 Å². The van der Waals surface area contributed by atoms with E-state index in [2.05, 4.69) is 15.8 Å². The maximum Gasteiger partial charge on any atom is 0.321 e. The fourth-order valence-corrected chi connectivity index (χ4v) is 1.86. The van der Waals surface area contributed by atoms with Crippen molar-refractivity contribution in [1.29, 1.82) is 0 Å². The molecule has 1 rings (SSSR count). The van der Waals surface area contributed by atoms with Crippen molar-refractivity contribution in [1.82, 2.24) is 15.8 Å². The minimum Gasteiger partial charge on any atom is -0.361 e. The molecule has 100 valence electrons. The van der Waals surface area contributed by atoms with E-state index in [1.165, 1.54) is 0 Å². The van der Waals surface area contributed by atoms with Crippen LogP contribution in [0.4, 0.5) is 4.79 Å². The Bertz CT molecular complexity index is 425. The van der Waals surface area contributed by atoms with Gasteiger partial charge in [-0.15, -0.1) is 11.6 Å². The number of carbonyl (C=O) groups is 2. The number of nitrogens with zero attached hydrogens (tertiary/aromatic N) is 1. The van der Waals surface area contributed by atoms with Gasteiger partial charge < -0.3 is 9.84 Å². The molecule has 0 spiro atoms. The summed E-state index contributed by atoms with van der Waals surface area (Å²) in [6, 6.07) is -0.849. The van der Waals surface area contributed by atoms with Gasteiger partial charge in [-0.25, -0.2) is 4.79 Å². The van der Waals surface area contributed by atoms with Gasteiger partial charge in [-0.05, 0) is 20.8 Å². The monoisotopic (exact) mass is 273 g/mol. The van der Waals surface area contributed by atoms with Crippen LogP contribution in [0.15, 0.2) is 4.52 Å². The molecule has 1 aromatic rings. The largest absolute Gasteiger partial charge is 0.361 e. The summed E-state index contributed by atoms with van der Waals surface area (Å²) in [6.07, 6.45) is 0.106. The van der Waals surface area contributed by atoms with E-state index in [1.54, 1.807) is 20.8 Å². The number of carbonyl (C=O) groups excluding carboxylic acids is 2. The molecule has 0 saturated heterocycles. The van der Waals surface area contributed by atoms with E-state index < -0.39 is 11.9 Å². The van der Waals surface area contributed by atoms with Crippen LogP contribution >= 0.6 is 11.6 Å². The van der Waals surface area contributed by atoms with E-state index in [1.807, 2.05) is 0 Å². The normalized spacial score (nSPS) is 12.0. The predicted octanol–water partition coefficient (Wildman–Crippen LogP) is 1.81. The highest BCUT2D eigenvalue weighted by Gasteiger charge is 2.18. The number of hydrogen-bond acceptors (Lipinski definition) is 4. The number of hydrogen-bond donors (Lipinski definition) is 2. The standard InChI is InChI=1S/C11H16ClN3O3/c1-6(10-7(2)15-18-8(10)3)13-11(17)14-9(16)4-5-12/h6H,4-5H2,1-3H3,(H2,13,14,16,17). The van der Waals surface area contributed by atoms with Crippen LogP contribution in [0.3, 0.4) is 0 Å². The van der Waals surface area contributed by atoms with Crippen LogP contribution in [-0.4, -0.2) is 23.0 Å². The first-order valence-electron chi connectivity index (χ1n) is 5.54. The van der Waals surface area contributed by atoms with Gasteiger partial charge in [0.25, 0.3) is 0 Å². The third-order valence-corrected chi connectivity index (χ3v) is 2.63. The first-order valence-corrected chi connectivity index (χ1v) is 6.08. The Balaban J connectivity index is 2.57. The minimum atomic E-state index is -0.558. The Morgan fingerprint density at radius 3 is 2.61 bits per heavy atom. The number of alkyl halides is 1. The molecule has 0 aliphatic carbocycles. The lowest BCUT2D eigenvalue weighted by atomic mass is 10.1. The minimum absolute atomic E-state index is 0.106. The molecule has 7 heteroatoms. The van der Waals surface area contributed by atoms with Crippen molar-refractivity contribution < 1.29 is 14.1 Å². The average Bonchev–Trinajstić information content (AvgIpc) is 2.58. The van der Waals surface area contributed by atoms with Crippen molar-refractivity contribution in [3.8, 4) is 0 Å². The zero-order valence-corrected chi connectivity index (χ0v) is 11.3. The van der Waals surface area contributed by atoms with Crippen molar-refractivity contribution in [2.24, 2.45) is 0 Å². The van der Waals surface area contributed by atoms with Crippen LogP contribution in [0.1, 0.15) is 36.4 Å². The highest BCUT2D eigenvalue weighted by atomic mass is 35.5. The zero-order valence-electron chi connectivity index (χ0n) is 10.5. The molecule has 6 nitrogen and oxygen atoms in total. The van der Waals surface area contributed by atoms with Gasteiger partial charge in [-0.3, -0.25) is 10.1 Å². The lowest BCUT2D eigenvalue weighted by molar-refractivity contribution is -0.119. The Labute approximate surface area is 110 Å². The van der Waals surface area contributed by atoms with Gasteiger partial charge in [-0.2, -0.15) is 0 Å². The van der Waals surface area contributed by atoms with E-state index >= 15 is 0 Å². The van der Waals surface area contributed by atoms with Crippen LogP contribution in [0.5, 0.6) is 0 Å². The molecular weight excluding hydrogens is 258 g/mol. The summed E-state index contributed by atoms with van der Waals surface area (Å²) < 4.78 is 5.01. The average molecular weight is 274 g/mol. The summed E-state index contributed by atoms with van der Waals surface area (Å²) >= 11 is 5.40. The highest BCUT2D eigenvalue weighted by molar-refractivity contribution is 6.19. The molecule has 1 unspecified atom stereocenters. The first-order chi connectivity index (χ1) is 8.45. The number of urea groups is 1. The number of nitrogens with one attached hydrogen (secondary N) is 2. The molecule has 0 aliphatic heterocycles. The quantitative estimate of drug-likeness (QED) is 0.820. The van der Waals surface area contributed by atoms with E-state index in [9.17, 15) is 9.59 Å². The van der Waals surface area contributed by atoms with Gasteiger partial charge in [0.05, 0.1) is 11.7 Å². The number of halogens is 1. The van der Waals surface area contributed by atoms with E-state index in [4.69, 9.17) is 16.1 Å². The number of amides is 3. The summed E-state index contributed by atoms with van der Waals surface area (Å²) in [6.45, 7) is 5.35. The second-order valence-corrected chi connectivity index (χ2v) is 4.30. The predicted molar refractivity (Wildman–Crippen MR) is 66.4 cm³/mol. The Hall–Kier alpha value is -1.56. The molecule has 0 fully saturated rings. The maximum atomic E-state index is 11.5. The third kappa shape index (κ3) is 3.73. The molecule has 18 heavy (non-hydrogen) atoms. The molecule has 0 saturated carbocycles. The second-order valence-electron chi connectivity index (χ2n) is 3.92. The van der Waals surface area contributed by atoms with Crippen molar-refractivity contribution in [2.45, 2.75) is 33.2 Å². The maximum absolute atomic E-state index is 11.5. The molecule has 3 amide bonds. The molecule has 0 aromatic carbocycles. The van der Waals surface area contributed by atoms with Gasteiger partial charge in [0.15, 0.2) is 0 Å². The number of aryl methyl sites for hydroxylation is 2. The molecule has 1 atom stereocenters. The fraction of sp³-hybridized carbons (Fsp3) is 0.545. The van der Waals surface area contributed by atoms with Gasteiger partial charge >= 0.3 is 6.03 Å². The summed E-state index contributed by atoms with van der Waals surface area (Å²) in [7, 11) is 0. The van der Waals surface area contributed by atoms with Crippen LogP contribution in [0.2, 0.25) is 0 Å². The van der Waals surface area contributed by atoms with Gasteiger partial charge in [0.1, 0.15) is 5.76 Å². The molecule has 2 N–H and O–H groups in total. The number of imide groups is 1. The lowest BCUT2D eigenvalue weighted by Gasteiger charge is -2.13. The molecule has 1 aromatic heterocycles. The van der Waals surface area contributed by atoms with E-state index in [-0.39, 0.29) is 18.3 Å². The molecule has 0 radical (unpaired) electrons. The van der Waals surface area contributed by atoms with E-state index in [0.717, 1.165) is 5.56 Å². The smallest absolute Gasteiger partial charge is 0.321 e. The second kappa shape index (κ2) is 6.39.